The summed E-state index contributed by atoms with van der Waals surface area (Å²) in [6.07, 6.45) is 0. The number of aryl methyl sites for hydroxylation is 2. The SMILES string of the molecule is Cc1nn(CCOCCOCCn2nc(C)c([N+](=O)[O-])c2C)c(C)c1[N+](=O)[O-]. The zero-order valence-corrected chi connectivity index (χ0v) is 16.4. The Morgan fingerprint density at radius 2 is 1.11 bits per heavy atom. The quantitative estimate of drug-likeness (QED) is 0.318. The van der Waals surface area contributed by atoms with Crippen LogP contribution in [0.25, 0.3) is 0 Å². The molecular formula is C16H24N6O6. The van der Waals surface area contributed by atoms with Crippen molar-refractivity contribution in [3.63, 3.8) is 0 Å². The molecule has 12 heteroatoms. The maximum atomic E-state index is 11.0. The Bertz CT molecular complexity index is 788. The van der Waals surface area contributed by atoms with Gasteiger partial charge in [0.1, 0.15) is 22.8 Å². The largest absolute Gasteiger partial charge is 0.377 e. The molecule has 0 bridgehead atoms. The highest BCUT2D eigenvalue weighted by Gasteiger charge is 2.22. The molecular weight excluding hydrogens is 372 g/mol. The Hall–Kier alpha value is -2.86. The highest BCUT2D eigenvalue weighted by molar-refractivity contribution is 5.40. The van der Waals surface area contributed by atoms with Gasteiger partial charge in [0.05, 0.1) is 49.4 Å². The van der Waals surface area contributed by atoms with Crippen LogP contribution < -0.4 is 0 Å². The standard InChI is InChI=1S/C16H24N6O6/c1-11-15(21(23)24)13(3)19(17-11)5-7-27-9-10-28-8-6-20-14(4)16(22(25)26)12(2)18-20/h5-10H2,1-4H3. The van der Waals surface area contributed by atoms with Crippen LogP contribution in [-0.4, -0.2) is 55.8 Å². The minimum absolute atomic E-state index is 0.0349. The zero-order valence-electron chi connectivity index (χ0n) is 16.4. The van der Waals surface area contributed by atoms with Crippen LogP contribution in [-0.2, 0) is 22.6 Å². The van der Waals surface area contributed by atoms with E-state index in [4.69, 9.17) is 9.47 Å². The van der Waals surface area contributed by atoms with Gasteiger partial charge in [0, 0.05) is 0 Å². The maximum absolute atomic E-state index is 11.0. The van der Waals surface area contributed by atoms with Gasteiger partial charge in [-0.05, 0) is 27.7 Å². The van der Waals surface area contributed by atoms with Gasteiger partial charge in [-0.1, -0.05) is 0 Å². The molecule has 0 spiro atoms. The molecule has 0 unspecified atom stereocenters. The Labute approximate surface area is 161 Å². The van der Waals surface area contributed by atoms with Crippen LogP contribution >= 0.6 is 0 Å². The van der Waals surface area contributed by atoms with Gasteiger partial charge in [0.25, 0.3) is 0 Å². The van der Waals surface area contributed by atoms with Crippen molar-refractivity contribution in [1.82, 2.24) is 19.6 Å². The summed E-state index contributed by atoms with van der Waals surface area (Å²) in [4.78, 5) is 21.1. The maximum Gasteiger partial charge on any atom is 0.312 e. The fraction of sp³-hybridized carbons (Fsp3) is 0.625. The average molecular weight is 396 g/mol. The van der Waals surface area contributed by atoms with E-state index in [1.54, 1.807) is 37.1 Å². The monoisotopic (exact) mass is 396 g/mol. The second-order valence-electron chi connectivity index (χ2n) is 6.22. The first kappa shape index (κ1) is 21.4. The van der Waals surface area contributed by atoms with Crippen LogP contribution in [0.1, 0.15) is 22.8 Å². The second-order valence-corrected chi connectivity index (χ2v) is 6.22. The molecule has 0 radical (unpaired) electrons. The van der Waals surface area contributed by atoms with Crippen molar-refractivity contribution in [3.05, 3.63) is 43.0 Å². The lowest BCUT2D eigenvalue weighted by molar-refractivity contribution is -0.386. The number of nitrogens with zero attached hydrogens (tertiary/aromatic N) is 6. The third kappa shape index (κ3) is 4.89. The molecule has 2 aromatic rings. The Balaban J connectivity index is 1.66. The van der Waals surface area contributed by atoms with E-state index < -0.39 is 9.85 Å². The minimum Gasteiger partial charge on any atom is -0.377 e. The second kappa shape index (κ2) is 9.37. The number of hydrogen-bond donors (Lipinski definition) is 0. The summed E-state index contributed by atoms with van der Waals surface area (Å²) in [5.74, 6) is 0. The zero-order chi connectivity index (χ0) is 20.8. The third-order valence-corrected chi connectivity index (χ3v) is 4.32. The first-order chi connectivity index (χ1) is 13.2. The van der Waals surface area contributed by atoms with E-state index in [1.807, 2.05) is 0 Å². The molecule has 0 N–H and O–H groups in total. The highest BCUT2D eigenvalue weighted by atomic mass is 16.6. The van der Waals surface area contributed by atoms with E-state index in [1.165, 1.54) is 0 Å². The number of ether oxygens (including phenoxy) is 2. The molecule has 2 heterocycles. The van der Waals surface area contributed by atoms with Crippen LogP contribution in [0.4, 0.5) is 11.4 Å². The molecule has 2 rings (SSSR count). The summed E-state index contributed by atoms with van der Waals surface area (Å²) < 4.78 is 14.1. The van der Waals surface area contributed by atoms with Crippen molar-refractivity contribution in [2.45, 2.75) is 40.8 Å². The highest BCUT2D eigenvalue weighted by Crippen LogP contribution is 2.22. The van der Waals surface area contributed by atoms with Crippen LogP contribution in [0.5, 0.6) is 0 Å². The fourth-order valence-corrected chi connectivity index (χ4v) is 2.96. The summed E-state index contributed by atoms with van der Waals surface area (Å²) >= 11 is 0. The van der Waals surface area contributed by atoms with E-state index >= 15 is 0 Å². The van der Waals surface area contributed by atoms with Crippen LogP contribution in [0, 0.1) is 47.9 Å². The van der Waals surface area contributed by atoms with E-state index in [-0.39, 0.29) is 11.4 Å². The molecule has 0 aliphatic heterocycles. The lowest BCUT2D eigenvalue weighted by atomic mass is 10.3. The normalized spacial score (nSPS) is 11.1. The van der Waals surface area contributed by atoms with E-state index in [0.717, 1.165) is 0 Å². The van der Waals surface area contributed by atoms with Crippen LogP contribution in [0.2, 0.25) is 0 Å². The molecule has 0 saturated carbocycles. The topological polar surface area (TPSA) is 140 Å². The van der Waals surface area contributed by atoms with Gasteiger partial charge in [-0.15, -0.1) is 0 Å². The van der Waals surface area contributed by atoms with Gasteiger partial charge in [0.15, 0.2) is 0 Å². The van der Waals surface area contributed by atoms with E-state index in [0.29, 0.717) is 62.3 Å². The average Bonchev–Trinajstić information content (AvgIpc) is 3.05. The van der Waals surface area contributed by atoms with Crippen molar-refractivity contribution in [2.75, 3.05) is 26.4 Å². The van der Waals surface area contributed by atoms with Crippen molar-refractivity contribution < 1.29 is 19.3 Å². The first-order valence-corrected chi connectivity index (χ1v) is 8.76. The van der Waals surface area contributed by atoms with Gasteiger partial charge in [0.2, 0.25) is 0 Å². The van der Waals surface area contributed by atoms with E-state index in [2.05, 4.69) is 10.2 Å². The minimum atomic E-state index is -0.430. The Morgan fingerprint density at radius 3 is 1.39 bits per heavy atom. The van der Waals surface area contributed by atoms with Crippen molar-refractivity contribution in [3.8, 4) is 0 Å². The van der Waals surface area contributed by atoms with Gasteiger partial charge in [-0.3, -0.25) is 29.6 Å². The number of hydrogen-bond acceptors (Lipinski definition) is 8. The summed E-state index contributed by atoms with van der Waals surface area (Å²) in [6.45, 7) is 8.78. The lowest BCUT2D eigenvalue weighted by Gasteiger charge is -2.07. The molecule has 154 valence electrons. The molecule has 0 aliphatic carbocycles. The van der Waals surface area contributed by atoms with Crippen molar-refractivity contribution in [2.24, 2.45) is 0 Å². The molecule has 0 amide bonds. The predicted octanol–water partition coefficient (Wildman–Crippen LogP) is 1.86. The van der Waals surface area contributed by atoms with Gasteiger partial charge in [-0.25, -0.2) is 0 Å². The molecule has 0 aromatic carbocycles. The van der Waals surface area contributed by atoms with E-state index in [9.17, 15) is 20.2 Å². The van der Waals surface area contributed by atoms with Crippen LogP contribution in [0.3, 0.4) is 0 Å². The molecule has 0 aliphatic rings. The van der Waals surface area contributed by atoms with Crippen LogP contribution in [0.15, 0.2) is 0 Å². The van der Waals surface area contributed by atoms with Crippen molar-refractivity contribution in [1.29, 1.82) is 0 Å². The summed E-state index contributed by atoms with van der Waals surface area (Å²) in [6, 6.07) is 0. The number of rotatable bonds is 11. The number of nitro groups is 2. The Kier molecular flexibility index (Phi) is 7.18. The third-order valence-electron chi connectivity index (χ3n) is 4.32. The summed E-state index contributed by atoms with van der Waals surface area (Å²) in [7, 11) is 0. The molecule has 0 fully saturated rings. The molecule has 12 nitrogen and oxygen atoms in total. The van der Waals surface area contributed by atoms with Gasteiger partial charge in [-0.2, -0.15) is 10.2 Å². The fourth-order valence-electron chi connectivity index (χ4n) is 2.96. The van der Waals surface area contributed by atoms with Gasteiger partial charge < -0.3 is 9.47 Å². The summed E-state index contributed by atoms with van der Waals surface area (Å²) in [5, 5.41) is 30.2. The van der Waals surface area contributed by atoms with Crippen molar-refractivity contribution >= 4 is 11.4 Å². The molecule has 2 aromatic heterocycles. The predicted molar refractivity (Wildman–Crippen MR) is 98.3 cm³/mol. The number of aromatic nitrogens is 4. The first-order valence-electron chi connectivity index (χ1n) is 8.76. The molecule has 0 saturated heterocycles. The Morgan fingerprint density at radius 1 is 0.750 bits per heavy atom. The lowest BCUT2D eigenvalue weighted by Crippen LogP contribution is -2.14. The molecule has 28 heavy (non-hydrogen) atoms. The smallest absolute Gasteiger partial charge is 0.312 e. The molecule has 0 atom stereocenters. The summed E-state index contributed by atoms with van der Waals surface area (Å²) in [5.41, 5.74) is 1.84. The van der Waals surface area contributed by atoms with Gasteiger partial charge >= 0.3 is 11.4 Å².